The third kappa shape index (κ3) is 2.54. The lowest BCUT2D eigenvalue weighted by Gasteiger charge is -2.33. The molecule has 7 nitrogen and oxygen atoms in total. The highest BCUT2D eigenvalue weighted by atomic mass is 16.5. The molecule has 0 fully saturated rings. The summed E-state index contributed by atoms with van der Waals surface area (Å²) in [6.45, 7) is 5.49. The highest BCUT2D eigenvalue weighted by molar-refractivity contribution is 6.01. The molecule has 1 aliphatic rings. The molecule has 7 heteroatoms. The van der Waals surface area contributed by atoms with Crippen molar-refractivity contribution in [1.82, 2.24) is 5.16 Å². The van der Waals surface area contributed by atoms with Gasteiger partial charge in [0.25, 0.3) is 5.91 Å². The summed E-state index contributed by atoms with van der Waals surface area (Å²) in [5, 5.41) is 13.1. The predicted octanol–water partition coefficient (Wildman–Crippen LogP) is 2.30. The number of hydrogen-bond acceptors (Lipinski definition) is 5. The zero-order chi connectivity index (χ0) is 16.7. The van der Waals surface area contributed by atoms with Crippen molar-refractivity contribution in [3.63, 3.8) is 0 Å². The molecule has 1 atom stereocenters. The number of carbonyl (C=O) groups excluding carboxylic acids is 1. The Balaban J connectivity index is 2.07. The van der Waals surface area contributed by atoms with Gasteiger partial charge in [0.1, 0.15) is 11.5 Å². The Morgan fingerprint density at radius 3 is 2.74 bits per heavy atom. The van der Waals surface area contributed by atoms with Gasteiger partial charge in [0, 0.05) is 5.56 Å². The van der Waals surface area contributed by atoms with Crippen LogP contribution in [0.1, 0.15) is 34.3 Å². The molecule has 23 heavy (non-hydrogen) atoms. The zero-order valence-electron chi connectivity index (χ0n) is 13.0. The predicted molar refractivity (Wildman–Crippen MR) is 80.7 cm³/mol. The number of aromatic nitrogens is 1. The topological polar surface area (TPSA) is 92.9 Å². The minimum Gasteiger partial charge on any atom is -0.479 e. The van der Waals surface area contributed by atoms with Gasteiger partial charge in [-0.15, -0.1) is 0 Å². The van der Waals surface area contributed by atoms with Gasteiger partial charge in [-0.3, -0.25) is 4.79 Å². The van der Waals surface area contributed by atoms with E-state index in [0.717, 1.165) is 5.56 Å². The molecule has 1 unspecified atom stereocenters. The van der Waals surface area contributed by atoms with Crippen LogP contribution in [0.15, 0.2) is 22.7 Å². The number of hydrogen-bond donors (Lipinski definition) is 1. The fraction of sp³-hybridized carbons (Fsp3) is 0.312. The first kappa shape index (κ1) is 15.1. The lowest BCUT2D eigenvalue weighted by molar-refractivity contribution is -0.125. The second-order valence-corrected chi connectivity index (χ2v) is 5.47. The van der Waals surface area contributed by atoms with Crippen LogP contribution in [-0.4, -0.2) is 28.2 Å². The maximum absolute atomic E-state index is 12.5. The standard InChI is InChI=1S/C16H16N2O5/c1-8-12(9(2)23-17-8)7-18-13-6-11(16(20)21)4-5-14(13)22-10(3)15(18)19/h4-6,10H,7H2,1-3H3,(H,20,21). The molecular formula is C16H16N2O5. The number of ether oxygens (including phenoxy) is 1. The molecular weight excluding hydrogens is 300 g/mol. The van der Waals surface area contributed by atoms with Crippen LogP contribution in [0.5, 0.6) is 5.75 Å². The summed E-state index contributed by atoms with van der Waals surface area (Å²) >= 11 is 0. The van der Waals surface area contributed by atoms with Crippen LogP contribution >= 0.6 is 0 Å². The molecule has 0 spiro atoms. The van der Waals surface area contributed by atoms with Gasteiger partial charge in [0.05, 0.1) is 23.5 Å². The van der Waals surface area contributed by atoms with Gasteiger partial charge in [0.2, 0.25) is 0 Å². The summed E-state index contributed by atoms with van der Waals surface area (Å²) in [4.78, 5) is 25.2. The maximum Gasteiger partial charge on any atom is 0.335 e. The average molecular weight is 316 g/mol. The SMILES string of the molecule is Cc1noc(C)c1CN1C(=O)C(C)Oc2ccc(C(=O)O)cc21. The molecule has 0 saturated heterocycles. The molecule has 1 aromatic carbocycles. The third-order valence-electron chi connectivity index (χ3n) is 3.91. The summed E-state index contributed by atoms with van der Waals surface area (Å²) in [5.74, 6) is -0.185. The van der Waals surface area contributed by atoms with Crippen molar-refractivity contribution in [3.05, 3.63) is 40.8 Å². The Morgan fingerprint density at radius 1 is 1.39 bits per heavy atom. The minimum atomic E-state index is -1.06. The molecule has 1 aliphatic heterocycles. The lowest BCUT2D eigenvalue weighted by Crippen LogP contribution is -2.44. The van der Waals surface area contributed by atoms with E-state index in [1.54, 1.807) is 26.8 Å². The smallest absolute Gasteiger partial charge is 0.335 e. The maximum atomic E-state index is 12.5. The zero-order valence-corrected chi connectivity index (χ0v) is 13.0. The molecule has 0 saturated carbocycles. The Morgan fingerprint density at radius 2 is 2.13 bits per heavy atom. The first-order valence-corrected chi connectivity index (χ1v) is 7.15. The van der Waals surface area contributed by atoms with E-state index in [4.69, 9.17) is 14.4 Å². The van der Waals surface area contributed by atoms with Crippen LogP contribution in [0.4, 0.5) is 5.69 Å². The molecule has 0 aliphatic carbocycles. The van der Waals surface area contributed by atoms with Crippen LogP contribution in [-0.2, 0) is 11.3 Å². The van der Waals surface area contributed by atoms with Crippen LogP contribution < -0.4 is 9.64 Å². The van der Waals surface area contributed by atoms with E-state index in [0.29, 0.717) is 22.9 Å². The van der Waals surface area contributed by atoms with Crippen molar-refractivity contribution >= 4 is 17.6 Å². The molecule has 120 valence electrons. The molecule has 3 rings (SSSR count). The third-order valence-corrected chi connectivity index (χ3v) is 3.91. The number of carboxylic acid groups (broad SMARTS) is 1. The molecule has 0 radical (unpaired) electrons. The number of aromatic carboxylic acids is 1. The molecule has 2 heterocycles. The van der Waals surface area contributed by atoms with E-state index in [1.165, 1.54) is 17.0 Å². The van der Waals surface area contributed by atoms with Gasteiger partial charge in [-0.2, -0.15) is 0 Å². The van der Waals surface area contributed by atoms with E-state index in [9.17, 15) is 9.59 Å². The number of benzene rings is 1. The Bertz CT molecular complexity index is 776. The molecule has 1 amide bonds. The molecule has 1 N–H and O–H groups in total. The monoisotopic (exact) mass is 316 g/mol. The van der Waals surface area contributed by atoms with Crippen molar-refractivity contribution < 1.29 is 24.0 Å². The Kier molecular flexibility index (Phi) is 3.55. The Labute approximate surface area is 132 Å². The second kappa shape index (κ2) is 5.42. The van der Waals surface area contributed by atoms with Crippen molar-refractivity contribution in [1.29, 1.82) is 0 Å². The largest absolute Gasteiger partial charge is 0.479 e. The minimum absolute atomic E-state index is 0.0958. The van der Waals surface area contributed by atoms with E-state index < -0.39 is 12.1 Å². The second-order valence-electron chi connectivity index (χ2n) is 5.47. The summed E-state index contributed by atoms with van der Waals surface area (Å²) in [7, 11) is 0. The molecule has 2 aromatic rings. The van der Waals surface area contributed by atoms with Gasteiger partial charge >= 0.3 is 5.97 Å². The number of fused-ring (bicyclic) bond motifs is 1. The number of anilines is 1. The number of aryl methyl sites for hydroxylation is 2. The van der Waals surface area contributed by atoms with E-state index in [1.807, 2.05) is 0 Å². The van der Waals surface area contributed by atoms with Crippen LogP contribution in [0.2, 0.25) is 0 Å². The van der Waals surface area contributed by atoms with Gasteiger partial charge in [-0.25, -0.2) is 4.79 Å². The summed E-state index contributed by atoms with van der Waals surface area (Å²) in [5.41, 5.74) is 2.04. The van der Waals surface area contributed by atoms with Crippen molar-refractivity contribution in [2.45, 2.75) is 33.4 Å². The number of carboxylic acids is 1. The summed E-state index contributed by atoms with van der Waals surface area (Å²) in [6.07, 6.45) is -0.640. The normalized spacial score (nSPS) is 16.9. The van der Waals surface area contributed by atoms with Crippen molar-refractivity contribution in [2.75, 3.05) is 4.90 Å². The number of carbonyl (C=O) groups is 2. The number of rotatable bonds is 3. The average Bonchev–Trinajstić information content (AvgIpc) is 2.82. The van der Waals surface area contributed by atoms with Crippen LogP contribution in [0, 0.1) is 13.8 Å². The van der Waals surface area contributed by atoms with E-state index in [-0.39, 0.29) is 18.0 Å². The molecule has 1 aromatic heterocycles. The number of amides is 1. The number of nitrogens with zero attached hydrogens (tertiary/aromatic N) is 2. The van der Waals surface area contributed by atoms with E-state index >= 15 is 0 Å². The van der Waals surface area contributed by atoms with Crippen molar-refractivity contribution in [2.24, 2.45) is 0 Å². The van der Waals surface area contributed by atoms with Gasteiger partial charge in [-0.1, -0.05) is 5.16 Å². The fourth-order valence-electron chi connectivity index (χ4n) is 2.59. The first-order chi connectivity index (χ1) is 10.9. The first-order valence-electron chi connectivity index (χ1n) is 7.15. The highest BCUT2D eigenvalue weighted by Crippen LogP contribution is 2.36. The van der Waals surface area contributed by atoms with Crippen LogP contribution in [0.25, 0.3) is 0 Å². The molecule has 0 bridgehead atoms. The van der Waals surface area contributed by atoms with Gasteiger partial charge in [-0.05, 0) is 39.0 Å². The lowest BCUT2D eigenvalue weighted by atomic mass is 10.1. The van der Waals surface area contributed by atoms with Crippen molar-refractivity contribution in [3.8, 4) is 5.75 Å². The Hall–Kier alpha value is -2.83. The van der Waals surface area contributed by atoms with Crippen LogP contribution in [0.3, 0.4) is 0 Å². The van der Waals surface area contributed by atoms with Gasteiger partial charge < -0.3 is 19.3 Å². The van der Waals surface area contributed by atoms with Gasteiger partial charge in [0.15, 0.2) is 6.10 Å². The fourth-order valence-corrected chi connectivity index (χ4v) is 2.59. The summed E-state index contributed by atoms with van der Waals surface area (Å²) in [6, 6.07) is 4.47. The quantitative estimate of drug-likeness (QED) is 0.934. The van der Waals surface area contributed by atoms with E-state index in [2.05, 4.69) is 5.16 Å². The summed E-state index contributed by atoms with van der Waals surface area (Å²) < 4.78 is 10.7. The highest BCUT2D eigenvalue weighted by Gasteiger charge is 2.33.